The molecule has 0 saturated carbocycles. The Morgan fingerprint density at radius 2 is 1.41 bits per heavy atom. The maximum absolute atomic E-state index is 10.8. The molecular weight excluding hydrogens is 512 g/mol. The Kier molecular flexibility index (Phi) is 13.4. The number of rotatable bonds is 10. The summed E-state index contributed by atoms with van der Waals surface area (Å²) < 4.78 is 16.1. The molecule has 0 heterocycles. The number of benzene rings is 3. The van der Waals surface area contributed by atoms with Crippen molar-refractivity contribution in [3.05, 3.63) is 125 Å². The highest BCUT2D eigenvalue weighted by atomic mass is 16.7. The summed E-state index contributed by atoms with van der Waals surface area (Å²) in [6, 6.07) is 25.3. The van der Waals surface area contributed by atoms with Gasteiger partial charge in [0.2, 0.25) is 0 Å². The Bertz CT molecular complexity index is 1310. The van der Waals surface area contributed by atoms with E-state index in [9.17, 15) is 9.90 Å². The molecular formula is C36H42O5. The molecule has 1 N–H and O–H groups in total. The van der Waals surface area contributed by atoms with Gasteiger partial charge in [0.05, 0.1) is 0 Å². The Morgan fingerprint density at radius 1 is 0.878 bits per heavy atom. The van der Waals surface area contributed by atoms with E-state index in [-0.39, 0.29) is 18.0 Å². The second kappa shape index (κ2) is 16.7. The molecule has 0 bridgehead atoms. The van der Waals surface area contributed by atoms with E-state index in [1.807, 2.05) is 95.3 Å². The second-order valence-electron chi connectivity index (χ2n) is 10.3. The van der Waals surface area contributed by atoms with E-state index < -0.39 is 5.60 Å². The van der Waals surface area contributed by atoms with Gasteiger partial charge in [-0.1, -0.05) is 85.5 Å². The summed E-state index contributed by atoms with van der Waals surface area (Å²) in [7, 11) is 0. The van der Waals surface area contributed by atoms with E-state index in [2.05, 4.69) is 43.0 Å². The van der Waals surface area contributed by atoms with Gasteiger partial charge in [0, 0.05) is 12.2 Å². The highest BCUT2D eigenvalue weighted by Crippen LogP contribution is 2.19. The average Bonchev–Trinajstić information content (AvgIpc) is 2.92. The number of ether oxygens (including phenoxy) is 3. The van der Waals surface area contributed by atoms with Crippen LogP contribution in [0.2, 0.25) is 0 Å². The fourth-order valence-corrected chi connectivity index (χ4v) is 3.35. The lowest BCUT2D eigenvalue weighted by molar-refractivity contribution is -0.149. The quantitative estimate of drug-likeness (QED) is 0.117. The van der Waals surface area contributed by atoms with Crippen LogP contribution in [0.15, 0.2) is 109 Å². The van der Waals surface area contributed by atoms with Crippen LogP contribution < -0.4 is 4.74 Å². The minimum atomic E-state index is -0.407. The van der Waals surface area contributed by atoms with Gasteiger partial charge >= 0.3 is 5.97 Å². The molecule has 3 aromatic rings. The van der Waals surface area contributed by atoms with Crippen molar-refractivity contribution >= 4 is 24.2 Å². The van der Waals surface area contributed by atoms with E-state index in [1.54, 1.807) is 19.1 Å². The molecule has 1 atom stereocenters. The van der Waals surface area contributed by atoms with Crippen LogP contribution in [0.5, 0.6) is 11.5 Å². The predicted octanol–water partition coefficient (Wildman–Crippen LogP) is 8.87. The van der Waals surface area contributed by atoms with Crippen molar-refractivity contribution in [2.24, 2.45) is 0 Å². The van der Waals surface area contributed by atoms with Gasteiger partial charge in [0.25, 0.3) is 0 Å². The number of hydrogen-bond donors (Lipinski definition) is 1. The number of phenols is 1. The molecule has 41 heavy (non-hydrogen) atoms. The SMILES string of the molecule is C=C(C)C(=O)OC(C)(C)C.CCOC(C)Oc1ccc(C=C(C=Cc2ccccc2)C=Cc2ccc(O)cc2)cc1. The summed E-state index contributed by atoms with van der Waals surface area (Å²) in [5.41, 5.74) is 4.31. The highest BCUT2D eigenvalue weighted by molar-refractivity contribution is 5.87. The number of allylic oxidation sites excluding steroid dienone is 3. The van der Waals surface area contributed by atoms with Crippen molar-refractivity contribution in [3.63, 3.8) is 0 Å². The van der Waals surface area contributed by atoms with Crippen LogP contribution in [0.4, 0.5) is 0 Å². The third kappa shape index (κ3) is 14.0. The molecule has 0 aliphatic heterocycles. The number of carbonyl (C=O) groups is 1. The summed E-state index contributed by atoms with van der Waals surface area (Å²) in [6.07, 6.45) is 10.1. The Balaban J connectivity index is 0.000000503. The lowest BCUT2D eigenvalue weighted by Gasteiger charge is -2.19. The number of aromatic hydroxyl groups is 1. The van der Waals surface area contributed by atoms with Gasteiger partial charge in [-0.05, 0) is 94.1 Å². The van der Waals surface area contributed by atoms with E-state index in [0.717, 1.165) is 28.0 Å². The highest BCUT2D eigenvalue weighted by Gasteiger charge is 2.15. The summed E-state index contributed by atoms with van der Waals surface area (Å²) in [5.74, 6) is 0.712. The van der Waals surface area contributed by atoms with Crippen molar-refractivity contribution < 1.29 is 24.1 Å². The summed E-state index contributed by atoms with van der Waals surface area (Å²) in [5, 5.41) is 9.48. The zero-order chi connectivity index (χ0) is 30.3. The molecule has 0 saturated heterocycles. The average molecular weight is 555 g/mol. The standard InChI is InChI=1S/C28H28O3.C8H14O2/c1-3-30-22(2)31-28-19-15-26(16-20-28)21-25(11-9-23-7-5-4-6-8-23)12-10-24-13-17-27(29)18-14-24;1-6(2)7(9)10-8(3,4)5/h4-22,29H,3H2,1-2H3;1H2,2-5H3. The monoisotopic (exact) mass is 554 g/mol. The summed E-state index contributed by atoms with van der Waals surface area (Å²) in [6.45, 7) is 15.0. The third-order valence-corrected chi connectivity index (χ3v) is 5.29. The molecule has 3 rings (SSSR count). The van der Waals surface area contributed by atoms with E-state index in [1.165, 1.54) is 0 Å². The summed E-state index contributed by atoms with van der Waals surface area (Å²) >= 11 is 0. The topological polar surface area (TPSA) is 65.0 Å². The van der Waals surface area contributed by atoms with E-state index in [0.29, 0.717) is 12.2 Å². The molecule has 0 aliphatic rings. The lowest BCUT2D eigenvalue weighted by Crippen LogP contribution is -2.23. The molecule has 1 unspecified atom stereocenters. The van der Waals surface area contributed by atoms with Gasteiger partial charge in [-0.3, -0.25) is 0 Å². The predicted molar refractivity (Wildman–Crippen MR) is 169 cm³/mol. The second-order valence-corrected chi connectivity index (χ2v) is 10.3. The number of esters is 1. The van der Waals surface area contributed by atoms with E-state index >= 15 is 0 Å². The molecule has 0 aromatic heterocycles. The van der Waals surface area contributed by atoms with Crippen LogP contribution in [0.1, 0.15) is 58.2 Å². The van der Waals surface area contributed by atoms with Crippen LogP contribution in [0, 0.1) is 0 Å². The number of carbonyl (C=O) groups excluding carboxylic acids is 1. The van der Waals surface area contributed by atoms with Crippen LogP contribution in [-0.4, -0.2) is 29.6 Å². The smallest absolute Gasteiger partial charge is 0.333 e. The minimum Gasteiger partial charge on any atom is -0.508 e. The normalized spacial score (nSPS) is 12.5. The number of hydrogen-bond acceptors (Lipinski definition) is 5. The maximum atomic E-state index is 10.8. The zero-order valence-electron chi connectivity index (χ0n) is 25.0. The van der Waals surface area contributed by atoms with Gasteiger partial charge in [0.1, 0.15) is 17.1 Å². The van der Waals surface area contributed by atoms with Gasteiger partial charge in [0.15, 0.2) is 6.29 Å². The zero-order valence-corrected chi connectivity index (χ0v) is 25.0. The molecule has 5 nitrogen and oxygen atoms in total. The van der Waals surface area contributed by atoms with Crippen molar-refractivity contribution in [3.8, 4) is 11.5 Å². The van der Waals surface area contributed by atoms with Crippen LogP contribution in [0.3, 0.4) is 0 Å². The van der Waals surface area contributed by atoms with E-state index in [4.69, 9.17) is 14.2 Å². The van der Waals surface area contributed by atoms with Crippen LogP contribution >= 0.6 is 0 Å². The molecule has 0 amide bonds. The first kappa shape index (κ1) is 32.9. The largest absolute Gasteiger partial charge is 0.508 e. The first-order chi connectivity index (χ1) is 19.4. The summed E-state index contributed by atoms with van der Waals surface area (Å²) in [4.78, 5) is 10.8. The molecule has 3 aromatic carbocycles. The maximum Gasteiger partial charge on any atom is 0.333 e. The molecule has 0 fully saturated rings. The van der Waals surface area contributed by atoms with Crippen molar-refractivity contribution in [2.75, 3.05) is 6.61 Å². The van der Waals surface area contributed by atoms with Gasteiger partial charge in [-0.15, -0.1) is 0 Å². The molecule has 216 valence electrons. The van der Waals surface area contributed by atoms with Gasteiger partial charge in [-0.25, -0.2) is 4.79 Å². The first-order valence-electron chi connectivity index (χ1n) is 13.6. The van der Waals surface area contributed by atoms with Crippen molar-refractivity contribution in [1.82, 2.24) is 0 Å². The van der Waals surface area contributed by atoms with Crippen molar-refractivity contribution in [2.45, 2.75) is 53.4 Å². The van der Waals surface area contributed by atoms with Gasteiger partial charge < -0.3 is 19.3 Å². The minimum absolute atomic E-state index is 0.262. The molecule has 0 spiro atoms. The Hall–Kier alpha value is -4.35. The molecule has 0 aliphatic carbocycles. The van der Waals surface area contributed by atoms with Crippen LogP contribution in [0.25, 0.3) is 18.2 Å². The van der Waals surface area contributed by atoms with Crippen LogP contribution in [-0.2, 0) is 14.3 Å². The third-order valence-electron chi connectivity index (χ3n) is 5.29. The molecule has 0 radical (unpaired) electrons. The Labute approximate surface area is 245 Å². The first-order valence-corrected chi connectivity index (χ1v) is 13.6. The molecule has 5 heteroatoms. The number of phenolic OH excluding ortho intramolecular Hbond substituents is 1. The van der Waals surface area contributed by atoms with Gasteiger partial charge in [-0.2, -0.15) is 0 Å². The Morgan fingerprint density at radius 3 is 1.90 bits per heavy atom. The lowest BCUT2D eigenvalue weighted by atomic mass is 10.1. The fourth-order valence-electron chi connectivity index (χ4n) is 3.35. The van der Waals surface area contributed by atoms with Crippen molar-refractivity contribution in [1.29, 1.82) is 0 Å². The fraction of sp³-hybridized carbons (Fsp3) is 0.250.